The molecule has 0 aliphatic heterocycles. The minimum absolute atomic E-state index is 0.430. The highest BCUT2D eigenvalue weighted by atomic mass is 35.5. The van der Waals surface area contributed by atoms with Crippen molar-refractivity contribution in [1.82, 2.24) is 0 Å². The Morgan fingerprint density at radius 1 is 1.11 bits per heavy atom. The molecule has 0 aliphatic rings. The van der Waals surface area contributed by atoms with E-state index in [1.165, 1.54) is 0 Å². The lowest BCUT2D eigenvalue weighted by Crippen LogP contribution is -2.08. The van der Waals surface area contributed by atoms with Crippen molar-refractivity contribution in [2.24, 2.45) is 0 Å². The number of hydrogen-bond acceptors (Lipinski definition) is 3. The maximum absolute atomic E-state index is 12.0. The molecule has 98 valence electrons. The van der Waals surface area contributed by atoms with Gasteiger partial charge >= 0.3 is 5.97 Å². The average Bonchev–Trinajstić information content (AvgIpc) is 2.43. The number of benzene rings is 2. The zero-order valence-corrected chi connectivity index (χ0v) is 11.4. The predicted molar refractivity (Wildman–Crippen MR) is 74.1 cm³/mol. The van der Waals surface area contributed by atoms with Crippen molar-refractivity contribution >= 4 is 17.6 Å². The molecule has 0 bridgehead atoms. The quantitative estimate of drug-likeness (QED) is 0.630. The zero-order chi connectivity index (χ0) is 13.8. The molecular weight excluding hydrogens is 264 g/mol. The Kier molecular flexibility index (Phi) is 4.07. The Hall–Kier alpha value is -2.00. The van der Waals surface area contributed by atoms with Crippen molar-refractivity contribution in [3.8, 4) is 11.5 Å². The summed E-state index contributed by atoms with van der Waals surface area (Å²) in [6.07, 6.45) is 0. The third-order valence-electron chi connectivity index (χ3n) is 2.65. The second-order valence-corrected chi connectivity index (χ2v) is 4.44. The summed E-state index contributed by atoms with van der Waals surface area (Å²) in [6.45, 7) is 1.85. The van der Waals surface area contributed by atoms with Gasteiger partial charge in [0.25, 0.3) is 0 Å². The molecule has 4 heteroatoms. The lowest BCUT2D eigenvalue weighted by atomic mass is 10.2. The molecule has 19 heavy (non-hydrogen) atoms. The molecule has 2 aromatic rings. The summed E-state index contributed by atoms with van der Waals surface area (Å²) in [6, 6.07) is 11.9. The van der Waals surface area contributed by atoms with Crippen LogP contribution in [0.5, 0.6) is 11.5 Å². The first kappa shape index (κ1) is 13.4. The number of halogens is 1. The third-order valence-corrected chi connectivity index (χ3v) is 3.07. The van der Waals surface area contributed by atoms with E-state index in [4.69, 9.17) is 21.1 Å². The number of aryl methyl sites for hydroxylation is 1. The molecule has 0 radical (unpaired) electrons. The first-order valence-corrected chi connectivity index (χ1v) is 6.10. The van der Waals surface area contributed by atoms with Gasteiger partial charge in [-0.3, -0.25) is 0 Å². The second kappa shape index (κ2) is 5.76. The maximum Gasteiger partial charge on any atom is 0.343 e. The van der Waals surface area contributed by atoms with Crippen LogP contribution in [-0.4, -0.2) is 13.1 Å². The van der Waals surface area contributed by atoms with Gasteiger partial charge in [-0.15, -0.1) is 0 Å². The van der Waals surface area contributed by atoms with Gasteiger partial charge in [0, 0.05) is 5.02 Å². The van der Waals surface area contributed by atoms with Crippen LogP contribution in [0.15, 0.2) is 42.5 Å². The second-order valence-electron chi connectivity index (χ2n) is 4.03. The lowest BCUT2D eigenvalue weighted by Gasteiger charge is -2.07. The van der Waals surface area contributed by atoms with Crippen molar-refractivity contribution in [2.75, 3.05) is 7.11 Å². The van der Waals surface area contributed by atoms with Gasteiger partial charge in [0.15, 0.2) is 0 Å². The summed E-state index contributed by atoms with van der Waals surface area (Å²) in [5.41, 5.74) is 1.30. The number of carbonyl (C=O) groups is 1. The van der Waals surface area contributed by atoms with Crippen molar-refractivity contribution in [1.29, 1.82) is 0 Å². The van der Waals surface area contributed by atoms with Gasteiger partial charge in [0.1, 0.15) is 11.5 Å². The molecule has 0 amide bonds. The normalized spacial score (nSPS) is 10.1. The van der Waals surface area contributed by atoms with Crippen LogP contribution in [0.1, 0.15) is 15.9 Å². The Labute approximate surface area is 116 Å². The third kappa shape index (κ3) is 3.26. The maximum atomic E-state index is 12.0. The van der Waals surface area contributed by atoms with E-state index in [9.17, 15) is 4.79 Å². The summed E-state index contributed by atoms with van der Waals surface area (Å²) in [7, 11) is 1.55. The van der Waals surface area contributed by atoms with E-state index in [-0.39, 0.29) is 0 Å². The molecule has 0 unspecified atom stereocenters. The highest BCUT2D eigenvalue weighted by molar-refractivity contribution is 6.31. The number of rotatable bonds is 3. The van der Waals surface area contributed by atoms with Gasteiger partial charge in [-0.1, -0.05) is 17.7 Å². The first-order valence-electron chi connectivity index (χ1n) is 5.72. The molecule has 0 heterocycles. The van der Waals surface area contributed by atoms with E-state index >= 15 is 0 Å². The standard InChI is InChI=1S/C15H13ClO3/c1-10-8-13(6-7-14(10)16)19-15(17)11-4-3-5-12(9-11)18-2/h3-9H,1-2H3. The first-order chi connectivity index (χ1) is 9.10. The van der Waals surface area contributed by atoms with Crippen molar-refractivity contribution in [2.45, 2.75) is 6.92 Å². The summed E-state index contributed by atoms with van der Waals surface area (Å²) >= 11 is 5.92. The van der Waals surface area contributed by atoms with E-state index in [0.29, 0.717) is 22.1 Å². The van der Waals surface area contributed by atoms with E-state index in [0.717, 1.165) is 5.56 Å². The molecule has 0 fully saturated rings. The smallest absolute Gasteiger partial charge is 0.343 e. The van der Waals surface area contributed by atoms with E-state index in [1.54, 1.807) is 49.6 Å². The highest BCUT2D eigenvalue weighted by Crippen LogP contribution is 2.22. The Morgan fingerprint density at radius 3 is 2.58 bits per heavy atom. The molecule has 2 rings (SSSR count). The SMILES string of the molecule is COc1cccc(C(=O)Oc2ccc(Cl)c(C)c2)c1. The highest BCUT2D eigenvalue weighted by Gasteiger charge is 2.10. The number of methoxy groups -OCH3 is 1. The van der Waals surface area contributed by atoms with Crippen LogP contribution < -0.4 is 9.47 Å². The van der Waals surface area contributed by atoms with Crippen molar-refractivity contribution in [3.63, 3.8) is 0 Å². The van der Waals surface area contributed by atoms with Crippen LogP contribution in [0.4, 0.5) is 0 Å². The van der Waals surface area contributed by atoms with Crippen LogP contribution in [0, 0.1) is 6.92 Å². The summed E-state index contributed by atoms with van der Waals surface area (Å²) in [5, 5.41) is 0.640. The number of esters is 1. The van der Waals surface area contributed by atoms with Crippen LogP contribution in [0.2, 0.25) is 5.02 Å². The minimum Gasteiger partial charge on any atom is -0.497 e. The minimum atomic E-state index is -0.430. The van der Waals surface area contributed by atoms with E-state index in [2.05, 4.69) is 0 Å². The molecule has 0 saturated carbocycles. The topological polar surface area (TPSA) is 35.5 Å². The monoisotopic (exact) mass is 276 g/mol. The van der Waals surface area contributed by atoms with Gasteiger partial charge in [-0.05, 0) is 48.9 Å². The Balaban J connectivity index is 2.18. The molecule has 0 aliphatic carbocycles. The molecule has 3 nitrogen and oxygen atoms in total. The predicted octanol–water partition coefficient (Wildman–Crippen LogP) is 3.88. The van der Waals surface area contributed by atoms with Crippen LogP contribution in [0.3, 0.4) is 0 Å². The summed E-state index contributed by atoms with van der Waals surface area (Å²) < 4.78 is 10.3. The lowest BCUT2D eigenvalue weighted by molar-refractivity contribution is 0.0734. The van der Waals surface area contributed by atoms with Gasteiger partial charge in [-0.2, -0.15) is 0 Å². The van der Waals surface area contributed by atoms with Crippen LogP contribution >= 0.6 is 11.6 Å². The van der Waals surface area contributed by atoms with Gasteiger partial charge in [0.2, 0.25) is 0 Å². The largest absolute Gasteiger partial charge is 0.497 e. The summed E-state index contributed by atoms with van der Waals surface area (Å²) in [5.74, 6) is 0.650. The molecule has 0 spiro atoms. The zero-order valence-electron chi connectivity index (χ0n) is 10.6. The van der Waals surface area contributed by atoms with E-state index < -0.39 is 5.97 Å². The number of hydrogen-bond donors (Lipinski definition) is 0. The van der Waals surface area contributed by atoms with Gasteiger partial charge in [0.05, 0.1) is 12.7 Å². The fraction of sp³-hybridized carbons (Fsp3) is 0.133. The Bertz CT molecular complexity index is 608. The molecule has 0 aromatic heterocycles. The van der Waals surface area contributed by atoms with Crippen molar-refractivity contribution in [3.05, 3.63) is 58.6 Å². The molecule has 0 saturated heterocycles. The molecule has 0 atom stereocenters. The molecule has 0 N–H and O–H groups in total. The molecule has 2 aromatic carbocycles. The number of ether oxygens (including phenoxy) is 2. The van der Waals surface area contributed by atoms with Gasteiger partial charge < -0.3 is 9.47 Å². The fourth-order valence-corrected chi connectivity index (χ4v) is 1.71. The van der Waals surface area contributed by atoms with Crippen LogP contribution in [-0.2, 0) is 0 Å². The molecular formula is C15H13ClO3. The Morgan fingerprint density at radius 2 is 1.89 bits per heavy atom. The van der Waals surface area contributed by atoms with Crippen LogP contribution in [0.25, 0.3) is 0 Å². The fourth-order valence-electron chi connectivity index (χ4n) is 1.60. The number of carbonyl (C=O) groups excluding carboxylic acids is 1. The summed E-state index contributed by atoms with van der Waals surface area (Å²) in [4.78, 5) is 12.0. The average molecular weight is 277 g/mol. The van der Waals surface area contributed by atoms with Crippen molar-refractivity contribution < 1.29 is 14.3 Å². The van der Waals surface area contributed by atoms with E-state index in [1.807, 2.05) is 6.92 Å². The van der Waals surface area contributed by atoms with Gasteiger partial charge in [-0.25, -0.2) is 4.79 Å².